The lowest BCUT2D eigenvalue weighted by molar-refractivity contribution is -0.351. The molecule has 1 aromatic rings. The van der Waals surface area contributed by atoms with Crippen LogP contribution in [0.15, 0.2) is 12.1 Å². The minimum absolute atomic E-state index is 0.132. The Morgan fingerprint density at radius 3 is 3.13 bits per heavy atom. The Bertz CT molecular complexity index is 455. The molecule has 80 valence electrons. The third-order valence-corrected chi connectivity index (χ3v) is 2.63. The molecule has 0 aromatic carbocycles. The summed E-state index contributed by atoms with van der Waals surface area (Å²) in [6.07, 6.45) is -0.228. The molecular weight excluding hydrogens is 206 g/mol. The Labute approximate surface area is 83.9 Å². The first-order valence-electron chi connectivity index (χ1n) is 4.50. The van der Waals surface area contributed by atoms with E-state index in [0.717, 1.165) is 5.69 Å². The number of rotatable bonds is 0. The largest absolute Gasteiger partial charge is 0.536 e. The summed E-state index contributed by atoms with van der Waals surface area (Å²) in [5.74, 6) is 0.132. The molecule has 3 rings (SSSR count). The lowest BCUT2D eigenvalue weighted by atomic mass is 9.91. The number of imidazole rings is 1. The molecule has 2 aliphatic rings. The minimum Gasteiger partial charge on any atom is -0.411 e. The molecule has 1 saturated heterocycles. The Morgan fingerprint density at radius 2 is 2.33 bits per heavy atom. The van der Waals surface area contributed by atoms with E-state index in [1.54, 1.807) is 6.92 Å². The van der Waals surface area contributed by atoms with Gasteiger partial charge in [-0.25, -0.2) is 4.98 Å². The maximum Gasteiger partial charge on any atom is 0.536 e. The van der Waals surface area contributed by atoms with Crippen LogP contribution in [0.2, 0.25) is 0 Å². The van der Waals surface area contributed by atoms with Crippen LogP contribution in [0, 0.1) is 0 Å². The van der Waals surface area contributed by atoms with Crippen LogP contribution < -0.4 is 0 Å². The molecule has 1 aliphatic heterocycles. The molecule has 0 spiro atoms. The van der Waals surface area contributed by atoms with Crippen molar-refractivity contribution in [2.45, 2.75) is 25.2 Å². The summed E-state index contributed by atoms with van der Waals surface area (Å²) in [5.41, 5.74) is 0.314. The Morgan fingerprint density at radius 1 is 1.53 bits per heavy atom. The summed E-state index contributed by atoms with van der Waals surface area (Å²) in [4.78, 5) is 6.87. The molecule has 1 fully saturated rings. The second kappa shape index (κ2) is 2.38. The van der Waals surface area contributed by atoms with Gasteiger partial charge in [0.15, 0.2) is 0 Å². The summed E-state index contributed by atoms with van der Waals surface area (Å²) in [7, 11) is 0. The standard InChI is InChI=1S/C9H8F2N2O2/c1-8-3-6-5(12-4-13-6)2-7(8)14-9(10,11)15-8/h2,4H,3H2,1H3,(H,12,13). The number of aromatic nitrogens is 2. The van der Waals surface area contributed by atoms with Crippen molar-refractivity contribution in [1.29, 1.82) is 0 Å². The van der Waals surface area contributed by atoms with Crippen molar-refractivity contribution >= 4 is 6.08 Å². The van der Waals surface area contributed by atoms with E-state index in [1.165, 1.54) is 12.4 Å². The van der Waals surface area contributed by atoms with Crippen LogP contribution in [0.5, 0.6) is 0 Å². The second-order valence-corrected chi connectivity index (χ2v) is 3.85. The van der Waals surface area contributed by atoms with Gasteiger partial charge in [0.1, 0.15) is 11.4 Å². The maximum atomic E-state index is 12.9. The Kier molecular flexibility index (Phi) is 1.41. The van der Waals surface area contributed by atoms with Crippen molar-refractivity contribution in [2.75, 3.05) is 0 Å². The summed E-state index contributed by atoms with van der Waals surface area (Å²) in [6.45, 7) is 1.57. The number of aromatic amines is 1. The van der Waals surface area contributed by atoms with E-state index in [4.69, 9.17) is 0 Å². The maximum absolute atomic E-state index is 12.9. The molecule has 1 N–H and O–H groups in total. The first-order valence-corrected chi connectivity index (χ1v) is 4.50. The predicted molar refractivity (Wildman–Crippen MR) is 45.8 cm³/mol. The van der Waals surface area contributed by atoms with E-state index in [0.29, 0.717) is 12.1 Å². The molecule has 1 unspecified atom stereocenters. The van der Waals surface area contributed by atoms with Gasteiger partial charge in [-0.2, -0.15) is 0 Å². The van der Waals surface area contributed by atoms with Gasteiger partial charge in [-0.1, -0.05) is 0 Å². The molecule has 6 heteroatoms. The van der Waals surface area contributed by atoms with Crippen LogP contribution in [0.1, 0.15) is 18.3 Å². The lowest BCUT2D eigenvalue weighted by Crippen LogP contribution is -2.33. The average molecular weight is 214 g/mol. The summed E-state index contributed by atoms with van der Waals surface area (Å²) in [5, 5.41) is 0. The number of fused-ring (bicyclic) bond motifs is 2. The normalized spacial score (nSPS) is 31.5. The molecule has 1 aromatic heterocycles. The van der Waals surface area contributed by atoms with Crippen molar-refractivity contribution in [3.8, 4) is 0 Å². The number of hydrogen-bond donors (Lipinski definition) is 1. The second-order valence-electron chi connectivity index (χ2n) is 3.85. The number of hydrogen-bond acceptors (Lipinski definition) is 3. The van der Waals surface area contributed by atoms with Crippen LogP contribution in [-0.2, 0) is 15.9 Å². The predicted octanol–water partition coefficient (Wildman–Crippen LogP) is 1.66. The molecule has 0 radical (unpaired) electrons. The smallest absolute Gasteiger partial charge is 0.411 e. The fourth-order valence-electron chi connectivity index (χ4n) is 1.93. The van der Waals surface area contributed by atoms with Gasteiger partial charge in [-0.15, -0.1) is 8.78 Å². The fraction of sp³-hybridized carbons (Fsp3) is 0.444. The highest BCUT2D eigenvalue weighted by Crippen LogP contribution is 2.46. The summed E-state index contributed by atoms with van der Waals surface area (Å²) >= 11 is 0. The fourth-order valence-corrected chi connectivity index (χ4v) is 1.93. The molecule has 0 saturated carbocycles. The summed E-state index contributed by atoms with van der Waals surface area (Å²) in [6, 6.07) is 0. The van der Waals surface area contributed by atoms with Crippen LogP contribution >= 0.6 is 0 Å². The van der Waals surface area contributed by atoms with Gasteiger partial charge in [-0.3, -0.25) is 4.74 Å². The average Bonchev–Trinajstić information content (AvgIpc) is 2.57. The van der Waals surface area contributed by atoms with Crippen molar-refractivity contribution in [2.24, 2.45) is 0 Å². The van der Waals surface area contributed by atoms with Gasteiger partial charge in [0.25, 0.3) is 0 Å². The van der Waals surface area contributed by atoms with E-state index in [2.05, 4.69) is 19.4 Å². The molecule has 1 atom stereocenters. The van der Waals surface area contributed by atoms with Gasteiger partial charge >= 0.3 is 6.29 Å². The highest BCUT2D eigenvalue weighted by Gasteiger charge is 2.56. The number of nitrogens with zero attached hydrogens (tertiary/aromatic N) is 1. The monoisotopic (exact) mass is 214 g/mol. The van der Waals surface area contributed by atoms with Gasteiger partial charge < -0.3 is 9.72 Å². The third-order valence-electron chi connectivity index (χ3n) is 2.63. The molecule has 0 amide bonds. The Hall–Kier alpha value is -1.43. The van der Waals surface area contributed by atoms with Gasteiger partial charge in [0.2, 0.25) is 0 Å². The van der Waals surface area contributed by atoms with Crippen LogP contribution in [0.25, 0.3) is 6.08 Å². The lowest BCUT2D eigenvalue weighted by Gasteiger charge is -2.23. The Balaban J connectivity index is 2.08. The molecule has 4 nitrogen and oxygen atoms in total. The number of nitrogens with one attached hydrogen (secondary N) is 1. The van der Waals surface area contributed by atoms with Crippen molar-refractivity contribution < 1.29 is 18.3 Å². The highest BCUT2D eigenvalue weighted by molar-refractivity contribution is 5.56. The molecule has 0 bridgehead atoms. The zero-order chi connectivity index (χ0) is 10.7. The van der Waals surface area contributed by atoms with Crippen LogP contribution in [0.3, 0.4) is 0 Å². The zero-order valence-electron chi connectivity index (χ0n) is 7.88. The zero-order valence-corrected chi connectivity index (χ0v) is 7.88. The molecule has 1 aliphatic carbocycles. The molecular formula is C9H8F2N2O2. The summed E-state index contributed by atoms with van der Waals surface area (Å²) < 4.78 is 34.8. The molecule has 15 heavy (non-hydrogen) atoms. The van der Waals surface area contributed by atoms with Gasteiger partial charge in [-0.05, 0) is 6.92 Å². The van der Waals surface area contributed by atoms with Crippen LogP contribution in [-0.4, -0.2) is 21.9 Å². The van der Waals surface area contributed by atoms with E-state index in [9.17, 15) is 8.78 Å². The van der Waals surface area contributed by atoms with E-state index in [-0.39, 0.29) is 5.76 Å². The van der Waals surface area contributed by atoms with Crippen LogP contribution in [0.4, 0.5) is 8.78 Å². The first-order chi connectivity index (χ1) is 6.99. The van der Waals surface area contributed by atoms with Gasteiger partial charge in [0, 0.05) is 18.2 Å². The minimum atomic E-state index is -3.54. The highest BCUT2D eigenvalue weighted by atomic mass is 19.3. The quantitative estimate of drug-likeness (QED) is 0.714. The van der Waals surface area contributed by atoms with E-state index in [1.807, 2.05) is 0 Å². The van der Waals surface area contributed by atoms with E-state index >= 15 is 0 Å². The van der Waals surface area contributed by atoms with Crippen molar-refractivity contribution in [3.05, 3.63) is 23.5 Å². The number of H-pyrrole nitrogens is 1. The van der Waals surface area contributed by atoms with Crippen molar-refractivity contribution in [1.82, 2.24) is 9.97 Å². The van der Waals surface area contributed by atoms with Gasteiger partial charge in [0.05, 0.1) is 12.0 Å². The number of alkyl halides is 2. The number of halogens is 2. The van der Waals surface area contributed by atoms with Crippen molar-refractivity contribution in [3.63, 3.8) is 0 Å². The topological polar surface area (TPSA) is 47.1 Å². The molecule has 2 heterocycles. The third kappa shape index (κ3) is 1.18. The SMILES string of the molecule is CC12Cc3[nH]cnc3C=C1OC(F)(F)O2. The van der Waals surface area contributed by atoms with E-state index < -0.39 is 11.9 Å². The first kappa shape index (κ1) is 8.84. The number of ether oxygens (including phenoxy) is 2.